The Bertz CT molecular complexity index is 1220. The molecule has 8 nitrogen and oxygen atoms in total. The van der Waals surface area contributed by atoms with Crippen LogP contribution in [0.2, 0.25) is 0 Å². The van der Waals surface area contributed by atoms with E-state index in [4.69, 9.17) is 4.42 Å². The molecule has 0 unspecified atom stereocenters. The fraction of sp³-hybridized carbons (Fsp3) is 0.217. The molecule has 0 atom stereocenters. The van der Waals surface area contributed by atoms with E-state index in [9.17, 15) is 9.59 Å². The molecule has 0 aliphatic rings. The van der Waals surface area contributed by atoms with Crippen molar-refractivity contribution >= 4 is 11.7 Å². The van der Waals surface area contributed by atoms with Crippen LogP contribution in [-0.2, 0) is 11.2 Å². The van der Waals surface area contributed by atoms with Crippen molar-refractivity contribution in [3.63, 3.8) is 0 Å². The first-order valence-electron chi connectivity index (χ1n) is 10.1. The minimum atomic E-state index is -0.287. The predicted octanol–water partition coefficient (Wildman–Crippen LogP) is 3.91. The zero-order valence-corrected chi connectivity index (χ0v) is 17.3. The van der Waals surface area contributed by atoms with Crippen molar-refractivity contribution in [3.8, 4) is 17.4 Å². The van der Waals surface area contributed by atoms with Gasteiger partial charge in [0.1, 0.15) is 11.5 Å². The van der Waals surface area contributed by atoms with Crippen molar-refractivity contribution in [2.24, 2.45) is 0 Å². The third kappa shape index (κ3) is 4.80. The van der Waals surface area contributed by atoms with Crippen LogP contribution in [0.25, 0.3) is 17.4 Å². The molecule has 0 aliphatic carbocycles. The lowest BCUT2D eigenvalue weighted by molar-refractivity contribution is -0.116. The first kappa shape index (κ1) is 20.3. The summed E-state index contributed by atoms with van der Waals surface area (Å²) in [6.45, 7) is 3.91. The zero-order valence-electron chi connectivity index (χ0n) is 17.3. The van der Waals surface area contributed by atoms with Crippen molar-refractivity contribution in [2.75, 3.05) is 5.32 Å². The molecule has 1 aromatic carbocycles. The van der Waals surface area contributed by atoms with E-state index in [0.29, 0.717) is 35.8 Å². The average Bonchev–Trinajstić information content (AvgIpc) is 3.42. The van der Waals surface area contributed by atoms with Gasteiger partial charge in [0, 0.05) is 18.6 Å². The van der Waals surface area contributed by atoms with Gasteiger partial charge in [-0.05, 0) is 30.0 Å². The Labute approximate surface area is 179 Å². The van der Waals surface area contributed by atoms with Gasteiger partial charge in [0.25, 0.3) is 5.56 Å². The number of aryl methyl sites for hydroxylation is 1. The first-order chi connectivity index (χ1) is 15.0. The molecule has 0 spiro atoms. The van der Waals surface area contributed by atoms with Crippen LogP contribution in [0.15, 0.2) is 70.1 Å². The van der Waals surface area contributed by atoms with Crippen molar-refractivity contribution in [1.82, 2.24) is 19.7 Å². The van der Waals surface area contributed by atoms with E-state index in [1.807, 2.05) is 44.2 Å². The number of carbonyl (C=O) groups excluding carboxylic acids is 1. The Morgan fingerprint density at radius 3 is 2.68 bits per heavy atom. The Kier molecular flexibility index (Phi) is 5.79. The largest absolute Gasteiger partial charge is 0.463 e. The van der Waals surface area contributed by atoms with Gasteiger partial charge in [-0.2, -0.15) is 9.78 Å². The second-order valence-corrected chi connectivity index (χ2v) is 7.49. The number of rotatable bonds is 7. The summed E-state index contributed by atoms with van der Waals surface area (Å²) in [5, 5.41) is 7.40. The molecule has 8 heteroatoms. The number of amides is 1. The highest BCUT2D eigenvalue weighted by Gasteiger charge is 2.17. The lowest BCUT2D eigenvalue weighted by Crippen LogP contribution is -2.19. The van der Waals surface area contributed by atoms with Crippen molar-refractivity contribution < 1.29 is 9.21 Å². The van der Waals surface area contributed by atoms with Gasteiger partial charge >= 0.3 is 0 Å². The van der Waals surface area contributed by atoms with Crippen molar-refractivity contribution in [3.05, 3.63) is 82.5 Å². The van der Waals surface area contributed by atoms with Gasteiger partial charge in [0.05, 0.1) is 12.0 Å². The molecule has 4 aromatic rings. The van der Waals surface area contributed by atoms with E-state index in [-0.39, 0.29) is 23.3 Å². The van der Waals surface area contributed by atoms with E-state index >= 15 is 0 Å². The molecule has 158 valence electrons. The number of carbonyl (C=O) groups is 1. The SMILES string of the molecule is CC(C)c1cc(=O)[nH]c(-n2nc(-c3ccco3)cc2NC(=O)CCc2ccccc2)n1. The van der Waals surface area contributed by atoms with Crippen molar-refractivity contribution in [2.45, 2.75) is 32.6 Å². The number of H-pyrrole nitrogens is 1. The smallest absolute Gasteiger partial charge is 0.252 e. The first-order valence-corrected chi connectivity index (χ1v) is 10.1. The predicted molar refractivity (Wildman–Crippen MR) is 117 cm³/mol. The van der Waals surface area contributed by atoms with E-state index in [0.717, 1.165) is 5.56 Å². The van der Waals surface area contributed by atoms with E-state index in [1.54, 1.807) is 24.5 Å². The fourth-order valence-corrected chi connectivity index (χ4v) is 3.14. The lowest BCUT2D eigenvalue weighted by Gasteiger charge is -2.10. The minimum Gasteiger partial charge on any atom is -0.463 e. The van der Waals surface area contributed by atoms with Gasteiger partial charge < -0.3 is 9.73 Å². The number of anilines is 1. The lowest BCUT2D eigenvalue weighted by atomic mass is 10.1. The minimum absolute atomic E-state index is 0.0602. The Morgan fingerprint density at radius 2 is 1.97 bits per heavy atom. The topological polar surface area (TPSA) is 106 Å². The summed E-state index contributed by atoms with van der Waals surface area (Å²) in [5.74, 6) is 1.06. The van der Waals surface area contributed by atoms with Gasteiger partial charge in [0.2, 0.25) is 11.9 Å². The highest BCUT2D eigenvalue weighted by atomic mass is 16.3. The molecule has 0 saturated carbocycles. The number of nitrogens with zero attached hydrogens (tertiary/aromatic N) is 3. The number of benzene rings is 1. The third-order valence-electron chi connectivity index (χ3n) is 4.78. The number of aromatic nitrogens is 4. The molecule has 2 N–H and O–H groups in total. The maximum Gasteiger partial charge on any atom is 0.252 e. The van der Waals surface area contributed by atoms with Crippen LogP contribution in [0.4, 0.5) is 5.82 Å². The molecule has 3 heterocycles. The molecule has 0 radical (unpaired) electrons. The highest BCUT2D eigenvalue weighted by molar-refractivity contribution is 5.90. The molecule has 31 heavy (non-hydrogen) atoms. The van der Waals surface area contributed by atoms with Gasteiger partial charge in [0.15, 0.2) is 5.76 Å². The number of furan rings is 1. The van der Waals surface area contributed by atoms with Crippen LogP contribution >= 0.6 is 0 Å². The van der Waals surface area contributed by atoms with Gasteiger partial charge in [-0.15, -0.1) is 0 Å². The second kappa shape index (κ2) is 8.83. The molecule has 3 aromatic heterocycles. The molecule has 0 fully saturated rings. The van der Waals surface area contributed by atoms with Gasteiger partial charge in [-0.1, -0.05) is 44.2 Å². The van der Waals surface area contributed by atoms with Crippen LogP contribution in [0, 0.1) is 0 Å². The van der Waals surface area contributed by atoms with Crippen LogP contribution in [0.5, 0.6) is 0 Å². The average molecular weight is 417 g/mol. The Hall–Kier alpha value is -3.94. The molecule has 1 amide bonds. The van der Waals surface area contributed by atoms with Crippen LogP contribution in [0.1, 0.15) is 37.4 Å². The van der Waals surface area contributed by atoms with Crippen LogP contribution in [-0.4, -0.2) is 25.7 Å². The summed E-state index contributed by atoms with van der Waals surface area (Å²) in [6, 6.07) is 16.5. The second-order valence-electron chi connectivity index (χ2n) is 7.49. The highest BCUT2D eigenvalue weighted by Crippen LogP contribution is 2.24. The summed E-state index contributed by atoms with van der Waals surface area (Å²) in [7, 11) is 0. The molecular formula is C23H23N5O3. The summed E-state index contributed by atoms with van der Waals surface area (Å²) in [6.07, 6.45) is 2.47. The van der Waals surface area contributed by atoms with Gasteiger partial charge in [-0.25, -0.2) is 4.98 Å². The normalized spacial score (nSPS) is 11.1. The summed E-state index contributed by atoms with van der Waals surface area (Å²) in [4.78, 5) is 32.0. The number of hydrogen-bond acceptors (Lipinski definition) is 5. The van der Waals surface area contributed by atoms with Crippen LogP contribution < -0.4 is 10.9 Å². The summed E-state index contributed by atoms with van der Waals surface area (Å²) >= 11 is 0. The molecule has 0 saturated heterocycles. The molecule has 0 bridgehead atoms. The van der Waals surface area contributed by atoms with E-state index < -0.39 is 0 Å². The molecular weight excluding hydrogens is 394 g/mol. The van der Waals surface area contributed by atoms with E-state index in [1.165, 1.54) is 10.7 Å². The maximum absolute atomic E-state index is 12.6. The third-order valence-corrected chi connectivity index (χ3v) is 4.78. The van der Waals surface area contributed by atoms with Crippen molar-refractivity contribution in [1.29, 1.82) is 0 Å². The number of nitrogens with one attached hydrogen (secondary N) is 2. The maximum atomic E-state index is 12.6. The quantitative estimate of drug-likeness (QED) is 0.474. The zero-order chi connectivity index (χ0) is 21.8. The fourth-order valence-electron chi connectivity index (χ4n) is 3.14. The van der Waals surface area contributed by atoms with Crippen LogP contribution in [0.3, 0.4) is 0 Å². The van der Waals surface area contributed by atoms with Gasteiger partial charge in [-0.3, -0.25) is 14.6 Å². The summed E-state index contributed by atoms with van der Waals surface area (Å²) in [5.41, 5.74) is 1.94. The number of hydrogen-bond donors (Lipinski definition) is 2. The molecule has 4 rings (SSSR count). The number of aromatic amines is 1. The van der Waals surface area contributed by atoms with E-state index in [2.05, 4.69) is 20.4 Å². The summed E-state index contributed by atoms with van der Waals surface area (Å²) < 4.78 is 6.86. The monoisotopic (exact) mass is 417 g/mol. The Balaban J connectivity index is 1.65. The Morgan fingerprint density at radius 1 is 1.16 bits per heavy atom. The standard InChI is InChI=1S/C23H23N5O3/c1-15(2)17-14-22(30)26-23(24-17)28-20(13-18(27-28)19-9-6-12-31-19)25-21(29)11-10-16-7-4-3-5-8-16/h3-9,12-15H,10-11H2,1-2H3,(H,25,29)(H,24,26,30). The molecule has 0 aliphatic heterocycles.